The summed E-state index contributed by atoms with van der Waals surface area (Å²) < 4.78 is 0. The number of rotatable bonds is 4. The lowest BCUT2D eigenvalue weighted by Gasteiger charge is -2.33. The van der Waals surface area contributed by atoms with Crippen LogP contribution in [-0.4, -0.2) is 31.1 Å². The summed E-state index contributed by atoms with van der Waals surface area (Å²) >= 11 is 0. The molecule has 0 aromatic rings. The second kappa shape index (κ2) is 5.69. The number of nitrogens with two attached hydrogens (primary N) is 1. The summed E-state index contributed by atoms with van der Waals surface area (Å²) in [6, 6.07) is 1.28. The van der Waals surface area contributed by atoms with E-state index in [2.05, 4.69) is 31.3 Å². The zero-order valence-corrected chi connectivity index (χ0v) is 9.79. The van der Waals surface area contributed by atoms with Crippen LogP contribution in [0.1, 0.15) is 39.0 Å². The average molecular weight is 199 g/mol. The highest BCUT2D eigenvalue weighted by atomic mass is 15.2. The Morgan fingerprint density at radius 2 is 1.86 bits per heavy atom. The molecule has 0 saturated heterocycles. The molecule has 0 bridgehead atoms. The van der Waals surface area contributed by atoms with E-state index in [0.717, 1.165) is 12.0 Å². The van der Waals surface area contributed by atoms with Gasteiger partial charge >= 0.3 is 0 Å². The molecule has 1 fully saturated rings. The molecule has 0 heterocycles. The molecule has 0 spiro atoms. The molecule has 1 atom stereocenters. The number of nitrogens with one attached hydrogen (secondary N) is 1. The summed E-state index contributed by atoms with van der Waals surface area (Å²) in [5, 5.41) is 0. The van der Waals surface area contributed by atoms with Crippen LogP contribution in [0.15, 0.2) is 0 Å². The van der Waals surface area contributed by atoms with E-state index in [1.54, 1.807) is 0 Å². The van der Waals surface area contributed by atoms with E-state index in [9.17, 15) is 0 Å². The summed E-state index contributed by atoms with van der Waals surface area (Å²) in [7, 11) is 4.38. The molecular formula is C11H25N3. The van der Waals surface area contributed by atoms with Crippen LogP contribution in [0.3, 0.4) is 0 Å². The molecule has 0 amide bonds. The van der Waals surface area contributed by atoms with E-state index in [1.807, 2.05) is 0 Å². The van der Waals surface area contributed by atoms with Crippen molar-refractivity contribution in [1.82, 2.24) is 10.3 Å². The van der Waals surface area contributed by atoms with Crippen molar-refractivity contribution in [2.45, 2.75) is 51.1 Å². The molecule has 84 valence electrons. The van der Waals surface area contributed by atoms with E-state index < -0.39 is 0 Å². The minimum atomic E-state index is 0.468. The molecule has 0 aliphatic heterocycles. The predicted molar refractivity (Wildman–Crippen MR) is 60.8 cm³/mol. The SMILES string of the molecule is CC(CC1CCC(N(C)C)CC1)NN. The van der Waals surface area contributed by atoms with Crippen molar-refractivity contribution in [2.24, 2.45) is 11.8 Å². The van der Waals surface area contributed by atoms with Crippen LogP contribution in [0.5, 0.6) is 0 Å². The molecule has 1 aliphatic carbocycles. The topological polar surface area (TPSA) is 41.3 Å². The number of hydrogen-bond acceptors (Lipinski definition) is 3. The van der Waals surface area contributed by atoms with Gasteiger partial charge in [-0.15, -0.1) is 0 Å². The molecule has 14 heavy (non-hydrogen) atoms. The van der Waals surface area contributed by atoms with Crippen LogP contribution in [-0.2, 0) is 0 Å². The van der Waals surface area contributed by atoms with Gasteiger partial charge in [-0.2, -0.15) is 0 Å². The standard InChI is InChI=1S/C11H25N3/c1-9(13-12)8-10-4-6-11(7-5-10)14(2)3/h9-11,13H,4-8,12H2,1-3H3. The summed E-state index contributed by atoms with van der Waals surface area (Å²) in [5.41, 5.74) is 2.84. The van der Waals surface area contributed by atoms with Crippen LogP contribution in [0.4, 0.5) is 0 Å². The van der Waals surface area contributed by atoms with E-state index >= 15 is 0 Å². The van der Waals surface area contributed by atoms with Crippen LogP contribution in [0, 0.1) is 5.92 Å². The van der Waals surface area contributed by atoms with E-state index in [1.165, 1.54) is 32.1 Å². The van der Waals surface area contributed by atoms with Crippen LogP contribution < -0.4 is 11.3 Å². The van der Waals surface area contributed by atoms with Crippen molar-refractivity contribution in [3.8, 4) is 0 Å². The molecule has 1 unspecified atom stereocenters. The maximum atomic E-state index is 5.41. The summed E-state index contributed by atoms with van der Waals surface area (Å²) in [4.78, 5) is 2.36. The van der Waals surface area contributed by atoms with Gasteiger partial charge in [0.05, 0.1) is 0 Å². The minimum absolute atomic E-state index is 0.468. The van der Waals surface area contributed by atoms with Gasteiger partial charge in [0.1, 0.15) is 0 Å². The van der Waals surface area contributed by atoms with Crippen LogP contribution in [0.25, 0.3) is 0 Å². The molecular weight excluding hydrogens is 174 g/mol. The summed E-state index contributed by atoms with van der Waals surface area (Å²) in [5.74, 6) is 6.29. The summed E-state index contributed by atoms with van der Waals surface area (Å²) in [6.07, 6.45) is 6.68. The highest BCUT2D eigenvalue weighted by Gasteiger charge is 2.23. The Kier molecular flexibility index (Phi) is 4.85. The molecule has 1 saturated carbocycles. The van der Waals surface area contributed by atoms with Gasteiger partial charge in [-0.05, 0) is 59.0 Å². The van der Waals surface area contributed by atoms with E-state index in [-0.39, 0.29) is 0 Å². The molecule has 0 aromatic carbocycles. The first-order valence-corrected chi connectivity index (χ1v) is 5.76. The second-order valence-electron chi connectivity index (χ2n) is 4.94. The van der Waals surface area contributed by atoms with Crippen LogP contribution >= 0.6 is 0 Å². The largest absolute Gasteiger partial charge is 0.306 e. The molecule has 0 radical (unpaired) electrons. The first kappa shape index (κ1) is 12.0. The van der Waals surface area contributed by atoms with Gasteiger partial charge in [0.15, 0.2) is 0 Å². The van der Waals surface area contributed by atoms with Crippen molar-refractivity contribution in [3.63, 3.8) is 0 Å². The predicted octanol–water partition coefficient (Wildman–Crippen LogP) is 1.35. The minimum Gasteiger partial charge on any atom is -0.306 e. The molecule has 1 rings (SSSR count). The Bertz CT molecular complexity index is 151. The Balaban J connectivity index is 2.22. The third-order valence-electron chi connectivity index (χ3n) is 3.52. The van der Waals surface area contributed by atoms with Crippen molar-refractivity contribution in [1.29, 1.82) is 0 Å². The van der Waals surface area contributed by atoms with Gasteiger partial charge in [0.2, 0.25) is 0 Å². The third kappa shape index (κ3) is 3.56. The Labute approximate surface area is 88.0 Å². The monoisotopic (exact) mass is 199 g/mol. The van der Waals surface area contributed by atoms with Gasteiger partial charge < -0.3 is 4.90 Å². The van der Waals surface area contributed by atoms with Crippen molar-refractivity contribution < 1.29 is 0 Å². The second-order valence-corrected chi connectivity index (χ2v) is 4.94. The van der Waals surface area contributed by atoms with E-state index in [0.29, 0.717) is 6.04 Å². The maximum Gasteiger partial charge on any atom is 0.0184 e. The van der Waals surface area contributed by atoms with Crippen molar-refractivity contribution in [2.75, 3.05) is 14.1 Å². The first-order valence-electron chi connectivity index (χ1n) is 5.76. The number of hydrogen-bond donors (Lipinski definition) is 2. The summed E-state index contributed by atoms with van der Waals surface area (Å²) in [6.45, 7) is 2.16. The average Bonchev–Trinajstić information content (AvgIpc) is 2.18. The van der Waals surface area contributed by atoms with E-state index in [4.69, 9.17) is 5.84 Å². The fraction of sp³-hybridized carbons (Fsp3) is 1.00. The van der Waals surface area contributed by atoms with Gasteiger partial charge in [-0.25, -0.2) is 0 Å². The molecule has 0 aromatic heterocycles. The highest BCUT2D eigenvalue weighted by Crippen LogP contribution is 2.29. The Morgan fingerprint density at radius 1 is 1.29 bits per heavy atom. The van der Waals surface area contributed by atoms with Gasteiger partial charge in [-0.1, -0.05) is 0 Å². The highest BCUT2D eigenvalue weighted by molar-refractivity contribution is 4.78. The lowest BCUT2D eigenvalue weighted by atomic mass is 9.82. The Morgan fingerprint density at radius 3 is 2.29 bits per heavy atom. The number of nitrogens with zero attached hydrogens (tertiary/aromatic N) is 1. The lowest BCUT2D eigenvalue weighted by molar-refractivity contribution is 0.182. The molecule has 3 heteroatoms. The third-order valence-corrected chi connectivity index (χ3v) is 3.52. The smallest absolute Gasteiger partial charge is 0.0184 e. The molecule has 3 nitrogen and oxygen atoms in total. The molecule has 3 N–H and O–H groups in total. The fourth-order valence-electron chi connectivity index (χ4n) is 2.46. The fourth-order valence-corrected chi connectivity index (χ4v) is 2.46. The first-order chi connectivity index (χ1) is 6.63. The quantitative estimate of drug-likeness (QED) is 0.530. The van der Waals surface area contributed by atoms with Crippen LogP contribution in [0.2, 0.25) is 0 Å². The lowest BCUT2D eigenvalue weighted by Crippen LogP contribution is -2.37. The van der Waals surface area contributed by atoms with Gasteiger partial charge in [-0.3, -0.25) is 11.3 Å². The molecule has 1 aliphatic rings. The maximum absolute atomic E-state index is 5.41. The van der Waals surface area contributed by atoms with Crippen molar-refractivity contribution >= 4 is 0 Å². The zero-order valence-electron chi connectivity index (χ0n) is 9.79. The van der Waals surface area contributed by atoms with Gasteiger partial charge in [0.25, 0.3) is 0 Å². The Hall–Kier alpha value is -0.120. The normalized spacial score (nSPS) is 30.6. The van der Waals surface area contributed by atoms with Gasteiger partial charge in [0, 0.05) is 12.1 Å². The zero-order chi connectivity index (χ0) is 10.6. The van der Waals surface area contributed by atoms with Crippen molar-refractivity contribution in [3.05, 3.63) is 0 Å². The number of hydrazine groups is 1.